The van der Waals surface area contributed by atoms with E-state index in [0.717, 1.165) is 5.56 Å². The SMILES string of the molecule is Cc1ccc(NC(=O)Nc2nc(CC(=O)Nc3nccs3)cs2)cc1. The number of benzene rings is 1. The summed E-state index contributed by atoms with van der Waals surface area (Å²) >= 11 is 2.62. The topological polar surface area (TPSA) is 96.0 Å². The number of nitrogens with one attached hydrogen (secondary N) is 3. The summed E-state index contributed by atoms with van der Waals surface area (Å²) in [6.07, 6.45) is 1.75. The van der Waals surface area contributed by atoms with Crippen molar-refractivity contribution in [3.05, 3.63) is 52.5 Å². The van der Waals surface area contributed by atoms with Crippen molar-refractivity contribution in [3.8, 4) is 0 Å². The number of aromatic nitrogens is 2. The Morgan fingerprint density at radius 1 is 1.04 bits per heavy atom. The van der Waals surface area contributed by atoms with E-state index in [2.05, 4.69) is 25.9 Å². The number of thiazole rings is 2. The molecule has 2 heterocycles. The molecule has 0 bridgehead atoms. The van der Waals surface area contributed by atoms with Crippen molar-refractivity contribution in [2.75, 3.05) is 16.0 Å². The fraction of sp³-hybridized carbons (Fsp3) is 0.125. The van der Waals surface area contributed by atoms with E-state index in [-0.39, 0.29) is 18.4 Å². The lowest BCUT2D eigenvalue weighted by molar-refractivity contribution is -0.115. The van der Waals surface area contributed by atoms with Crippen molar-refractivity contribution in [2.24, 2.45) is 0 Å². The summed E-state index contributed by atoms with van der Waals surface area (Å²) in [6.45, 7) is 1.98. The zero-order valence-electron chi connectivity index (χ0n) is 13.3. The molecule has 0 radical (unpaired) electrons. The first-order valence-electron chi connectivity index (χ1n) is 7.37. The van der Waals surface area contributed by atoms with Gasteiger partial charge in [0.25, 0.3) is 0 Å². The van der Waals surface area contributed by atoms with E-state index in [0.29, 0.717) is 21.6 Å². The van der Waals surface area contributed by atoms with Crippen LogP contribution in [-0.4, -0.2) is 21.9 Å². The van der Waals surface area contributed by atoms with E-state index in [1.165, 1.54) is 22.7 Å². The third-order valence-corrected chi connectivity index (χ3v) is 4.60. The fourth-order valence-corrected chi connectivity index (χ4v) is 3.21. The molecule has 0 aliphatic rings. The smallest absolute Gasteiger partial charge is 0.308 e. The zero-order valence-corrected chi connectivity index (χ0v) is 14.9. The number of amides is 3. The Morgan fingerprint density at radius 2 is 1.84 bits per heavy atom. The average Bonchev–Trinajstić information content (AvgIpc) is 3.22. The zero-order chi connectivity index (χ0) is 17.6. The number of carbonyl (C=O) groups excluding carboxylic acids is 2. The van der Waals surface area contributed by atoms with Crippen molar-refractivity contribution < 1.29 is 9.59 Å². The van der Waals surface area contributed by atoms with Crippen molar-refractivity contribution in [3.63, 3.8) is 0 Å². The Morgan fingerprint density at radius 3 is 2.56 bits per heavy atom. The van der Waals surface area contributed by atoms with Gasteiger partial charge in [-0.3, -0.25) is 10.1 Å². The number of carbonyl (C=O) groups is 2. The van der Waals surface area contributed by atoms with Crippen LogP contribution < -0.4 is 16.0 Å². The molecular formula is C16H15N5O2S2. The van der Waals surface area contributed by atoms with E-state index in [4.69, 9.17) is 0 Å². The van der Waals surface area contributed by atoms with E-state index in [9.17, 15) is 9.59 Å². The van der Waals surface area contributed by atoms with Crippen molar-refractivity contribution in [2.45, 2.75) is 13.3 Å². The molecule has 25 heavy (non-hydrogen) atoms. The van der Waals surface area contributed by atoms with Crippen LogP contribution in [0.25, 0.3) is 0 Å². The van der Waals surface area contributed by atoms with Gasteiger partial charge in [-0.1, -0.05) is 17.7 Å². The van der Waals surface area contributed by atoms with Gasteiger partial charge in [0.1, 0.15) is 0 Å². The minimum Gasteiger partial charge on any atom is -0.308 e. The Hall–Kier alpha value is -2.78. The highest BCUT2D eigenvalue weighted by Gasteiger charge is 2.11. The molecule has 9 heteroatoms. The molecule has 0 saturated carbocycles. The third kappa shape index (κ3) is 5.10. The largest absolute Gasteiger partial charge is 0.325 e. The van der Waals surface area contributed by atoms with Gasteiger partial charge >= 0.3 is 6.03 Å². The lowest BCUT2D eigenvalue weighted by atomic mass is 10.2. The molecule has 1 aromatic carbocycles. The van der Waals surface area contributed by atoms with Gasteiger partial charge in [-0.25, -0.2) is 14.8 Å². The molecular weight excluding hydrogens is 358 g/mol. The highest BCUT2D eigenvalue weighted by Crippen LogP contribution is 2.17. The number of aryl methyl sites for hydroxylation is 1. The number of nitrogens with zero attached hydrogens (tertiary/aromatic N) is 2. The summed E-state index contributed by atoms with van der Waals surface area (Å²) in [5.74, 6) is -0.198. The maximum Gasteiger partial charge on any atom is 0.325 e. The Balaban J connectivity index is 1.51. The second-order valence-corrected chi connectivity index (χ2v) is 6.90. The summed E-state index contributed by atoms with van der Waals surface area (Å²) in [6, 6.07) is 7.10. The predicted octanol–water partition coefficient (Wildman–Crippen LogP) is 3.73. The summed E-state index contributed by atoms with van der Waals surface area (Å²) in [7, 11) is 0. The molecule has 2 aromatic heterocycles. The number of urea groups is 1. The van der Waals surface area contributed by atoms with E-state index in [1.54, 1.807) is 17.0 Å². The molecule has 0 aliphatic heterocycles. The van der Waals surface area contributed by atoms with Crippen LogP contribution in [0.15, 0.2) is 41.2 Å². The summed E-state index contributed by atoms with van der Waals surface area (Å²) < 4.78 is 0. The molecule has 3 amide bonds. The summed E-state index contributed by atoms with van der Waals surface area (Å²) in [5, 5.41) is 12.6. The number of hydrogen-bond acceptors (Lipinski definition) is 6. The van der Waals surface area contributed by atoms with Gasteiger partial charge in [-0.05, 0) is 19.1 Å². The quantitative estimate of drug-likeness (QED) is 0.635. The first-order chi connectivity index (χ1) is 12.1. The van der Waals surface area contributed by atoms with Gasteiger partial charge in [0.2, 0.25) is 5.91 Å². The monoisotopic (exact) mass is 373 g/mol. The lowest BCUT2D eigenvalue weighted by Gasteiger charge is -2.05. The molecule has 0 aliphatic carbocycles. The van der Waals surface area contributed by atoms with Crippen LogP contribution in [0.2, 0.25) is 0 Å². The maximum atomic E-state index is 12.0. The van der Waals surface area contributed by atoms with Crippen LogP contribution in [-0.2, 0) is 11.2 Å². The molecule has 0 saturated heterocycles. The number of rotatable bonds is 5. The first kappa shape index (κ1) is 17.1. The van der Waals surface area contributed by atoms with Crippen LogP contribution in [0.3, 0.4) is 0 Å². The molecule has 0 unspecified atom stereocenters. The molecule has 0 fully saturated rings. The lowest BCUT2D eigenvalue weighted by Crippen LogP contribution is -2.19. The Bertz CT molecular complexity index is 859. The Labute approximate surface area is 152 Å². The van der Waals surface area contributed by atoms with E-state index < -0.39 is 0 Å². The third-order valence-electron chi connectivity index (χ3n) is 3.10. The molecule has 0 spiro atoms. The minimum atomic E-state index is -0.378. The average molecular weight is 373 g/mol. The highest BCUT2D eigenvalue weighted by atomic mass is 32.1. The standard InChI is InChI=1S/C16H15N5O2S2/c1-10-2-4-11(5-3-10)18-14(23)21-16-19-12(9-25-16)8-13(22)20-15-17-6-7-24-15/h2-7,9H,8H2,1H3,(H,17,20,22)(H2,18,19,21,23). The molecule has 3 aromatic rings. The normalized spacial score (nSPS) is 10.3. The summed E-state index contributed by atoms with van der Waals surface area (Å²) in [4.78, 5) is 32.1. The second kappa shape index (κ2) is 7.86. The van der Waals surface area contributed by atoms with Gasteiger partial charge in [0, 0.05) is 22.6 Å². The highest BCUT2D eigenvalue weighted by molar-refractivity contribution is 7.14. The van der Waals surface area contributed by atoms with Gasteiger partial charge in [0.15, 0.2) is 10.3 Å². The number of anilines is 3. The summed E-state index contributed by atoms with van der Waals surface area (Å²) in [5.41, 5.74) is 2.40. The maximum absolute atomic E-state index is 12.0. The van der Waals surface area contributed by atoms with Gasteiger partial charge in [-0.15, -0.1) is 22.7 Å². The molecule has 3 N–H and O–H groups in total. The van der Waals surface area contributed by atoms with E-state index >= 15 is 0 Å². The predicted molar refractivity (Wildman–Crippen MR) is 100 cm³/mol. The second-order valence-electron chi connectivity index (χ2n) is 5.15. The molecule has 7 nitrogen and oxygen atoms in total. The molecule has 0 atom stereocenters. The van der Waals surface area contributed by atoms with Crippen LogP contribution in [0, 0.1) is 6.92 Å². The van der Waals surface area contributed by atoms with Gasteiger partial charge in [0.05, 0.1) is 12.1 Å². The van der Waals surface area contributed by atoms with Gasteiger partial charge in [-0.2, -0.15) is 0 Å². The van der Waals surface area contributed by atoms with Crippen molar-refractivity contribution in [1.29, 1.82) is 0 Å². The minimum absolute atomic E-state index is 0.122. The number of hydrogen-bond donors (Lipinski definition) is 3. The Kier molecular flexibility index (Phi) is 5.36. The molecule has 128 valence electrons. The van der Waals surface area contributed by atoms with Gasteiger partial charge < -0.3 is 10.6 Å². The van der Waals surface area contributed by atoms with Crippen molar-refractivity contribution in [1.82, 2.24) is 9.97 Å². The van der Waals surface area contributed by atoms with E-state index in [1.807, 2.05) is 31.2 Å². The van der Waals surface area contributed by atoms with Crippen LogP contribution in [0.4, 0.5) is 20.7 Å². The van der Waals surface area contributed by atoms with Crippen LogP contribution in [0.5, 0.6) is 0 Å². The first-order valence-corrected chi connectivity index (χ1v) is 9.13. The van der Waals surface area contributed by atoms with Crippen LogP contribution >= 0.6 is 22.7 Å². The van der Waals surface area contributed by atoms with Crippen molar-refractivity contribution >= 4 is 50.6 Å². The van der Waals surface area contributed by atoms with Crippen LogP contribution in [0.1, 0.15) is 11.3 Å². The molecule has 3 rings (SSSR count). The fourth-order valence-electron chi connectivity index (χ4n) is 1.96.